The number of nitrogens with zero attached hydrogens (tertiary/aromatic N) is 3. The van der Waals surface area contributed by atoms with Crippen LogP contribution in [0.25, 0.3) is 0 Å². The Morgan fingerprint density at radius 1 is 1.12 bits per heavy atom. The number of aliphatic imine (C=N–C) groups is 1. The Morgan fingerprint density at radius 3 is 2.27 bits per heavy atom. The van der Waals surface area contributed by atoms with Crippen molar-refractivity contribution in [2.45, 2.75) is 69.1 Å². The SMILES string of the molecule is CN=C(NCC1(N2CCC(OC)CC2)CCCC1)N1CCC(O)CC1.I. The lowest BCUT2D eigenvalue weighted by Crippen LogP contribution is -2.58. The van der Waals surface area contributed by atoms with Crippen molar-refractivity contribution in [2.24, 2.45) is 4.99 Å². The van der Waals surface area contributed by atoms with E-state index in [0.717, 1.165) is 64.4 Å². The van der Waals surface area contributed by atoms with Gasteiger partial charge in [-0.15, -0.1) is 24.0 Å². The summed E-state index contributed by atoms with van der Waals surface area (Å²) in [6.45, 7) is 5.07. The zero-order valence-corrected chi connectivity index (χ0v) is 18.8. The number of hydrogen-bond donors (Lipinski definition) is 2. The number of likely N-dealkylation sites (tertiary alicyclic amines) is 2. The molecule has 0 atom stereocenters. The zero-order chi connectivity index (χ0) is 17.7. The van der Waals surface area contributed by atoms with Crippen molar-refractivity contribution in [2.75, 3.05) is 46.9 Å². The van der Waals surface area contributed by atoms with Crippen LogP contribution in [0.1, 0.15) is 51.4 Å². The maximum atomic E-state index is 9.73. The molecule has 0 radical (unpaired) electrons. The minimum Gasteiger partial charge on any atom is -0.393 e. The van der Waals surface area contributed by atoms with E-state index in [0.29, 0.717) is 6.10 Å². The van der Waals surface area contributed by atoms with Crippen LogP contribution in [0, 0.1) is 0 Å². The van der Waals surface area contributed by atoms with Gasteiger partial charge in [-0.3, -0.25) is 9.89 Å². The maximum absolute atomic E-state index is 9.73. The second kappa shape index (κ2) is 10.4. The highest BCUT2D eigenvalue weighted by molar-refractivity contribution is 14.0. The molecular weight excluding hydrogens is 443 g/mol. The van der Waals surface area contributed by atoms with Gasteiger partial charge in [0.15, 0.2) is 5.96 Å². The molecule has 6 nitrogen and oxygen atoms in total. The van der Waals surface area contributed by atoms with Gasteiger partial charge < -0.3 is 20.1 Å². The van der Waals surface area contributed by atoms with E-state index in [1.54, 1.807) is 0 Å². The number of aliphatic hydroxyl groups excluding tert-OH is 1. The van der Waals surface area contributed by atoms with Crippen LogP contribution in [0.2, 0.25) is 0 Å². The lowest BCUT2D eigenvalue weighted by Gasteiger charge is -2.45. The lowest BCUT2D eigenvalue weighted by atomic mass is 9.91. The van der Waals surface area contributed by atoms with E-state index in [1.807, 2.05) is 14.2 Å². The monoisotopic (exact) mass is 480 g/mol. The van der Waals surface area contributed by atoms with Gasteiger partial charge in [0.25, 0.3) is 0 Å². The molecule has 0 spiro atoms. The van der Waals surface area contributed by atoms with Crippen LogP contribution >= 0.6 is 24.0 Å². The van der Waals surface area contributed by atoms with E-state index in [-0.39, 0.29) is 35.6 Å². The van der Waals surface area contributed by atoms with E-state index in [2.05, 4.69) is 20.1 Å². The van der Waals surface area contributed by atoms with Crippen LogP contribution in [0.5, 0.6) is 0 Å². The van der Waals surface area contributed by atoms with Gasteiger partial charge in [0.2, 0.25) is 0 Å². The first-order valence-electron chi connectivity index (χ1n) is 10.1. The Hall–Kier alpha value is -0.120. The summed E-state index contributed by atoms with van der Waals surface area (Å²) < 4.78 is 5.55. The van der Waals surface area contributed by atoms with Crippen LogP contribution < -0.4 is 5.32 Å². The second-order valence-corrected chi connectivity index (χ2v) is 7.97. The summed E-state index contributed by atoms with van der Waals surface area (Å²) in [6, 6.07) is 0. The minimum absolute atomic E-state index is 0. The molecule has 1 aliphatic carbocycles. The predicted octanol–water partition coefficient (Wildman–Crippen LogP) is 2.06. The third-order valence-electron chi connectivity index (χ3n) is 6.53. The fraction of sp³-hybridized carbons (Fsp3) is 0.947. The molecule has 2 saturated heterocycles. The van der Waals surface area contributed by atoms with E-state index in [9.17, 15) is 5.11 Å². The van der Waals surface area contributed by atoms with Crippen LogP contribution in [-0.2, 0) is 4.74 Å². The molecule has 1 saturated carbocycles. The largest absolute Gasteiger partial charge is 0.393 e. The first kappa shape index (κ1) is 22.2. The molecule has 2 aliphatic heterocycles. The fourth-order valence-corrected chi connectivity index (χ4v) is 4.86. The summed E-state index contributed by atoms with van der Waals surface area (Å²) in [4.78, 5) is 9.53. The van der Waals surface area contributed by atoms with Crippen LogP contribution in [0.4, 0.5) is 0 Å². The van der Waals surface area contributed by atoms with Gasteiger partial charge in [0, 0.05) is 52.4 Å². The number of nitrogens with one attached hydrogen (secondary N) is 1. The summed E-state index contributed by atoms with van der Waals surface area (Å²) in [6.07, 6.45) is 9.52. The molecular formula is C19H37IN4O2. The van der Waals surface area contributed by atoms with Crippen molar-refractivity contribution in [1.82, 2.24) is 15.1 Å². The number of piperidine rings is 2. The summed E-state index contributed by atoms with van der Waals surface area (Å²) in [5.74, 6) is 1.00. The molecule has 3 aliphatic rings. The Balaban J connectivity index is 0.00000243. The van der Waals surface area contributed by atoms with Crippen molar-refractivity contribution in [1.29, 1.82) is 0 Å². The molecule has 152 valence electrons. The third kappa shape index (κ3) is 5.23. The number of aliphatic hydroxyl groups is 1. The quantitative estimate of drug-likeness (QED) is 0.367. The molecule has 2 N–H and O–H groups in total. The Bertz CT molecular complexity index is 441. The van der Waals surface area contributed by atoms with E-state index in [4.69, 9.17) is 4.74 Å². The molecule has 0 aromatic rings. The smallest absolute Gasteiger partial charge is 0.193 e. The topological polar surface area (TPSA) is 60.3 Å². The fourth-order valence-electron chi connectivity index (χ4n) is 4.86. The van der Waals surface area contributed by atoms with Gasteiger partial charge in [-0.05, 0) is 38.5 Å². The summed E-state index contributed by atoms with van der Waals surface area (Å²) in [5, 5.41) is 13.4. The lowest BCUT2D eigenvalue weighted by molar-refractivity contribution is -0.00189. The average Bonchev–Trinajstić information content (AvgIpc) is 3.14. The Labute approximate surface area is 175 Å². The van der Waals surface area contributed by atoms with Gasteiger partial charge in [-0.25, -0.2) is 0 Å². The molecule has 26 heavy (non-hydrogen) atoms. The van der Waals surface area contributed by atoms with Gasteiger partial charge in [0.05, 0.1) is 12.2 Å². The first-order chi connectivity index (χ1) is 12.2. The summed E-state index contributed by atoms with van der Waals surface area (Å²) in [7, 11) is 3.71. The second-order valence-electron chi connectivity index (χ2n) is 7.97. The van der Waals surface area contributed by atoms with Crippen molar-refractivity contribution in [3.63, 3.8) is 0 Å². The van der Waals surface area contributed by atoms with E-state index >= 15 is 0 Å². The Morgan fingerprint density at radius 2 is 1.73 bits per heavy atom. The normalized spacial score (nSPS) is 26.0. The number of halogens is 1. The highest BCUT2D eigenvalue weighted by atomic mass is 127. The van der Waals surface area contributed by atoms with Gasteiger partial charge in [-0.2, -0.15) is 0 Å². The van der Waals surface area contributed by atoms with Gasteiger partial charge in [-0.1, -0.05) is 12.8 Å². The predicted molar refractivity (Wildman–Crippen MR) is 116 cm³/mol. The van der Waals surface area contributed by atoms with Crippen LogP contribution in [0.3, 0.4) is 0 Å². The molecule has 0 unspecified atom stereocenters. The van der Waals surface area contributed by atoms with Crippen molar-refractivity contribution >= 4 is 29.9 Å². The third-order valence-corrected chi connectivity index (χ3v) is 6.53. The number of ether oxygens (including phenoxy) is 1. The molecule has 3 fully saturated rings. The van der Waals surface area contributed by atoms with Crippen LogP contribution in [0.15, 0.2) is 4.99 Å². The summed E-state index contributed by atoms with van der Waals surface area (Å²) in [5.41, 5.74) is 0.282. The molecule has 0 amide bonds. The van der Waals surface area contributed by atoms with E-state index in [1.165, 1.54) is 25.7 Å². The first-order valence-corrected chi connectivity index (χ1v) is 10.1. The molecule has 3 rings (SSSR count). The number of rotatable bonds is 4. The Kier molecular flexibility index (Phi) is 8.90. The van der Waals surface area contributed by atoms with Crippen molar-refractivity contribution in [3.8, 4) is 0 Å². The van der Waals surface area contributed by atoms with Crippen LogP contribution in [-0.4, -0.2) is 85.5 Å². The van der Waals surface area contributed by atoms with Gasteiger partial charge >= 0.3 is 0 Å². The number of methoxy groups -OCH3 is 1. The van der Waals surface area contributed by atoms with Crippen molar-refractivity contribution in [3.05, 3.63) is 0 Å². The standard InChI is InChI=1S/C19H36N4O2.HI/c1-20-18(22-11-5-16(24)6-12-22)21-15-19(9-3-4-10-19)23-13-7-17(25-2)8-14-23;/h16-17,24H,3-15H2,1-2H3,(H,20,21);1H. The highest BCUT2D eigenvalue weighted by Gasteiger charge is 2.41. The molecule has 0 bridgehead atoms. The zero-order valence-electron chi connectivity index (χ0n) is 16.5. The van der Waals surface area contributed by atoms with E-state index < -0.39 is 0 Å². The maximum Gasteiger partial charge on any atom is 0.193 e. The summed E-state index contributed by atoms with van der Waals surface area (Å²) >= 11 is 0. The number of guanidine groups is 1. The molecule has 0 aromatic heterocycles. The number of hydrogen-bond acceptors (Lipinski definition) is 4. The average molecular weight is 480 g/mol. The van der Waals surface area contributed by atoms with Crippen molar-refractivity contribution < 1.29 is 9.84 Å². The molecule has 2 heterocycles. The molecule has 0 aromatic carbocycles. The molecule has 7 heteroatoms. The highest BCUT2D eigenvalue weighted by Crippen LogP contribution is 2.36. The van der Waals surface area contributed by atoms with Gasteiger partial charge in [0.1, 0.15) is 0 Å². The minimum atomic E-state index is -0.141.